The number of aliphatic carboxylic acids is 1. The molecule has 0 heterocycles. The third-order valence-electron chi connectivity index (χ3n) is 3.27. The standard InChI is InChI=1S/C15H21NO3/c1-12-2-6-14(7-3-12)19-9-8-16(11-15(17)18)10-13-4-5-13/h2-3,6-7,13H,4-5,8-11H2,1H3,(H,17,18). The van der Waals surface area contributed by atoms with Gasteiger partial charge in [-0.3, -0.25) is 9.69 Å². The molecule has 0 saturated heterocycles. The van der Waals surface area contributed by atoms with Crippen LogP contribution in [0, 0.1) is 12.8 Å². The molecule has 0 atom stereocenters. The summed E-state index contributed by atoms with van der Waals surface area (Å²) in [6.45, 7) is 4.21. The maximum absolute atomic E-state index is 10.8. The first-order chi connectivity index (χ1) is 9.13. The topological polar surface area (TPSA) is 49.8 Å². The second kappa shape index (κ2) is 6.57. The van der Waals surface area contributed by atoms with Crippen molar-refractivity contribution < 1.29 is 14.6 Å². The van der Waals surface area contributed by atoms with Gasteiger partial charge < -0.3 is 9.84 Å². The molecule has 19 heavy (non-hydrogen) atoms. The Balaban J connectivity index is 1.74. The van der Waals surface area contributed by atoms with E-state index in [1.54, 1.807) is 0 Å². The van der Waals surface area contributed by atoms with Crippen molar-refractivity contribution in [3.8, 4) is 5.75 Å². The maximum Gasteiger partial charge on any atom is 0.317 e. The fourth-order valence-corrected chi connectivity index (χ4v) is 2.02. The highest BCUT2D eigenvalue weighted by Crippen LogP contribution is 2.29. The van der Waals surface area contributed by atoms with E-state index in [1.165, 1.54) is 18.4 Å². The Morgan fingerprint density at radius 3 is 2.63 bits per heavy atom. The summed E-state index contributed by atoms with van der Waals surface area (Å²) in [4.78, 5) is 12.8. The Kier molecular flexibility index (Phi) is 4.80. The number of carboxylic acid groups (broad SMARTS) is 1. The zero-order valence-electron chi connectivity index (χ0n) is 11.3. The van der Waals surface area contributed by atoms with E-state index in [0.717, 1.165) is 12.3 Å². The van der Waals surface area contributed by atoms with Gasteiger partial charge in [0.15, 0.2) is 0 Å². The van der Waals surface area contributed by atoms with Crippen molar-refractivity contribution >= 4 is 5.97 Å². The van der Waals surface area contributed by atoms with Gasteiger partial charge in [0.25, 0.3) is 0 Å². The molecule has 0 amide bonds. The van der Waals surface area contributed by atoms with Crippen LogP contribution in [0.4, 0.5) is 0 Å². The largest absolute Gasteiger partial charge is 0.492 e. The Bertz CT molecular complexity index is 412. The Labute approximate surface area is 114 Å². The Morgan fingerprint density at radius 1 is 1.37 bits per heavy atom. The molecule has 1 aromatic carbocycles. The second-order valence-corrected chi connectivity index (χ2v) is 5.23. The van der Waals surface area contributed by atoms with Crippen LogP contribution in [0.15, 0.2) is 24.3 Å². The number of carboxylic acids is 1. The van der Waals surface area contributed by atoms with E-state index in [9.17, 15) is 4.79 Å². The molecular formula is C15H21NO3. The summed E-state index contributed by atoms with van der Waals surface area (Å²) in [6.07, 6.45) is 2.46. The van der Waals surface area contributed by atoms with E-state index in [2.05, 4.69) is 0 Å². The van der Waals surface area contributed by atoms with Crippen LogP contribution in [-0.2, 0) is 4.79 Å². The van der Waals surface area contributed by atoms with Crippen LogP contribution in [0.5, 0.6) is 5.75 Å². The van der Waals surface area contributed by atoms with Gasteiger partial charge in [-0.2, -0.15) is 0 Å². The highest BCUT2D eigenvalue weighted by Gasteiger charge is 2.25. The van der Waals surface area contributed by atoms with Gasteiger partial charge >= 0.3 is 5.97 Å². The van der Waals surface area contributed by atoms with Gasteiger partial charge in [-0.25, -0.2) is 0 Å². The van der Waals surface area contributed by atoms with Crippen LogP contribution < -0.4 is 4.74 Å². The SMILES string of the molecule is Cc1ccc(OCCN(CC(=O)O)CC2CC2)cc1. The van der Waals surface area contributed by atoms with E-state index >= 15 is 0 Å². The Morgan fingerprint density at radius 2 is 2.05 bits per heavy atom. The quantitative estimate of drug-likeness (QED) is 0.781. The molecule has 4 nitrogen and oxygen atoms in total. The van der Waals surface area contributed by atoms with Crippen LogP contribution in [-0.4, -0.2) is 42.2 Å². The summed E-state index contributed by atoms with van der Waals surface area (Å²) < 4.78 is 5.64. The predicted molar refractivity (Wildman–Crippen MR) is 73.5 cm³/mol. The van der Waals surface area contributed by atoms with Crippen molar-refractivity contribution in [3.63, 3.8) is 0 Å². The molecule has 1 fully saturated rings. The summed E-state index contributed by atoms with van der Waals surface area (Å²) in [5.74, 6) is 0.766. The number of aryl methyl sites for hydroxylation is 1. The molecule has 0 radical (unpaired) electrons. The lowest BCUT2D eigenvalue weighted by atomic mass is 10.2. The van der Waals surface area contributed by atoms with E-state index < -0.39 is 5.97 Å². The monoisotopic (exact) mass is 263 g/mol. The number of ether oxygens (including phenoxy) is 1. The number of carbonyl (C=O) groups is 1. The minimum atomic E-state index is -0.768. The molecule has 0 unspecified atom stereocenters. The van der Waals surface area contributed by atoms with Crippen LogP contribution >= 0.6 is 0 Å². The number of hydrogen-bond acceptors (Lipinski definition) is 3. The fourth-order valence-electron chi connectivity index (χ4n) is 2.02. The first-order valence-corrected chi connectivity index (χ1v) is 6.77. The minimum Gasteiger partial charge on any atom is -0.492 e. The molecule has 0 spiro atoms. The highest BCUT2D eigenvalue weighted by molar-refractivity contribution is 5.69. The van der Waals surface area contributed by atoms with Gasteiger partial charge in [0.05, 0.1) is 6.54 Å². The van der Waals surface area contributed by atoms with Crippen molar-refractivity contribution in [2.24, 2.45) is 5.92 Å². The lowest BCUT2D eigenvalue weighted by Crippen LogP contribution is -2.35. The smallest absolute Gasteiger partial charge is 0.317 e. The molecule has 1 saturated carbocycles. The molecule has 1 aliphatic carbocycles. The van der Waals surface area contributed by atoms with E-state index in [1.807, 2.05) is 36.1 Å². The summed E-state index contributed by atoms with van der Waals surface area (Å²) in [7, 11) is 0. The zero-order chi connectivity index (χ0) is 13.7. The molecular weight excluding hydrogens is 242 g/mol. The number of hydrogen-bond donors (Lipinski definition) is 1. The van der Waals surface area contributed by atoms with Gasteiger partial charge in [-0.05, 0) is 37.8 Å². The van der Waals surface area contributed by atoms with Crippen LogP contribution in [0.1, 0.15) is 18.4 Å². The number of benzene rings is 1. The molecule has 1 N–H and O–H groups in total. The van der Waals surface area contributed by atoms with E-state index in [4.69, 9.17) is 9.84 Å². The summed E-state index contributed by atoms with van der Waals surface area (Å²) >= 11 is 0. The van der Waals surface area contributed by atoms with Crippen molar-refractivity contribution in [1.29, 1.82) is 0 Å². The average molecular weight is 263 g/mol. The number of rotatable bonds is 8. The van der Waals surface area contributed by atoms with Gasteiger partial charge in [0, 0.05) is 13.1 Å². The normalized spacial score (nSPS) is 14.6. The van der Waals surface area contributed by atoms with Crippen molar-refractivity contribution in [2.45, 2.75) is 19.8 Å². The van der Waals surface area contributed by atoms with Crippen LogP contribution in [0.2, 0.25) is 0 Å². The molecule has 1 aromatic rings. The number of nitrogens with zero attached hydrogens (tertiary/aromatic N) is 1. The molecule has 2 rings (SSSR count). The average Bonchev–Trinajstić information content (AvgIpc) is 3.15. The molecule has 0 aliphatic heterocycles. The van der Waals surface area contributed by atoms with Gasteiger partial charge in [0.1, 0.15) is 12.4 Å². The third kappa shape index (κ3) is 5.30. The lowest BCUT2D eigenvalue weighted by Gasteiger charge is -2.20. The fraction of sp³-hybridized carbons (Fsp3) is 0.533. The first kappa shape index (κ1) is 13.9. The van der Waals surface area contributed by atoms with E-state index in [-0.39, 0.29) is 6.54 Å². The van der Waals surface area contributed by atoms with Crippen LogP contribution in [0.25, 0.3) is 0 Å². The van der Waals surface area contributed by atoms with Gasteiger partial charge in [-0.1, -0.05) is 17.7 Å². The summed E-state index contributed by atoms with van der Waals surface area (Å²) in [6, 6.07) is 7.90. The van der Waals surface area contributed by atoms with Gasteiger partial charge in [0.2, 0.25) is 0 Å². The minimum absolute atomic E-state index is 0.105. The molecule has 104 valence electrons. The second-order valence-electron chi connectivity index (χ2n) is 5.23. The summed E-state index contributed by atoms with van der Waals surface area (Å²) in [5.41, 5.74) is 1.20. The summed E-state index contributed by atoms with van der Waals surface area (Å²) in [5, 5.41) is 8.88. The van der Waals surface area contributed by atoms with E-state index in [0.29, 0.717) is 19.1 Å². The van der Waals surface area contributed by atoms with Crippen molar-refractivity contribution in [2.75, 3.05) is 26.2 Å². The predicted octanol–water partition coefficient (Wildman–Crippen LogP) is 2.17. The lowest BCUT2D eigenvalue weighted by molar-refractivity contribution is -0.138. The molecule has 0 bridgehead atoms. The van der Waals surface area contributed by atoms with Crippen molar-refractivity contribution in [3.05, 3.63) is 29.8 Å². The van der Waals surface area contributed by atoms with Crippen LogP contribution in [0.3, 0.4) is 0 Å². The molecule has 1 aliphatic rings. The maximum atomic E-state index is 10.8. The van der Waals surface area contributed by atoms with Gasteiger partial charge in [-0.15, -0.1) is 0 Å². The Hall–Kier alpha value is -1.55. The molecule has 4 heteroatoms. The van der Waals surface area contributed by atoms with Crippen molar-refractivity contribution in [1.82, 2.24) is 4.90 Å². The third-order valence-corrected chi connectivity index (χ3v) is 3.27. The zero-order valence-corrected chi connectivity index (χ0v) is 11.3. The molecule has 0 aromatic heterocycles. The highest BCUT2D eigenvalue weighted by atomic mass is 16.5. The first-order valence-electron chi connectivity index (χ1n) is 6.77.